The van der Waals surface area contributed by atoms with Gasteiger partial charge in [0.15, 0.2) is 11.6 Å². The van der Waals surface area contributed by atoms with Gasteiger partial charge in [0.2, 0.25) is 5.95 Å². The van der Waals surface area contributed by atoms with E-state index in [0.29, 0.717) is 33.4 Å². The van der Waals surface area contributed by atoms with Crippen LogP contribution in [-0.2, 0) is 0 Å². The Bertz CT molecular complexity index is 4040. The van der Waals surface area contributed by atoms with Gasteiger partial charge in [0.25, 0.3) is 0 Å². The average molecular weight is 740 g/mol. The van der Waals surface area contributed by atoms with Gasteiger partial charge in [-0.1, -0.05) is 151 Å². The third-order valence-electron chi connectivity index (χ3n) is 10.4. The number of furan rings is 1. The second-order valence-electron chi connectivity index (χ2n) is 13.7. The molecule has 0 spiro atoms. The molecule has 0 bridgehead atoms. The molecule has 0 saturated heterocycles. The van der Waals surface area contributed by atoms with E-state index < -0.39 is 60.4 Å². The van der Waals surface area contributed by atoms with Crippen LogP contribution < -0.4 is 0 Å². The molecule has 57 heavy (non-hydrogen) atoms. The quantitative estimate of drug-likeness (QED) is 0.176. The molecule has 12 rings (SSSR count). The van der Waals surface area contributed by atoms with Crippen LogP contribution in [0.3, 0.4) is 0 Å². The summed E-state index contributed by atoms with van der Waals surface area (Å²) in [4.78, 5) is 14.9. The monoisotopic (exact) mass is 739 g/mol. The van der Waals surface area contributed by atoms with E-state index in [1.54, 1.807) is 16.7 Å². The van der Waals surface area contributed by atoms with Crippen LogP contribution in [0, 0.1) is 0 Å². The SMILES string of the molecule is [2H]c1c([2H])c([2H])c2c(c1[2H])c1c([2H])c([2H])c3c4c([2H])c([2H])c([2H])c([2H])c4n(-c4nc(-c5ccccc5)nc(-c5ccccc5)n4)c3c1n2-c1ccc2oc3cccc(-c4ccccc4)c3c2c1. The zero-order valence-electron chi connectivity index (χ0n) is 39.8. The number of aromatic nitrogens is 5. The van der Waals surface area contributed by atoms with Crippen LogP contribution in [0.5, 0.6) is 0 Å². The number of hydrogen-bond donors (Lipinski definition) is 0. The molecule has 12 aromatic rings. The first kappa shape index (κ1) is 23.2. The van der Waals surface area contributed by atoms with Gasteiger partial charge in [-0.25, -0.2) is 4.98 Å². The molecule has 0 amide bonds. The smallest absolute Gasteiger partial charge is 0.238 e. The Labute approximate surface area is 340 Å². The summed E-state index contributed by atoms with van der Waals surface area (Å²) in [5, 5.41) is 1.39. The van der Waals surface area contributed by atoms with E-state index in [9.17, 15) is 8.22 Å². The third-order valence-corrected chi connectivity index (χ3v) is 10.4. The van der Waals surface area contributed by atoms with Crippen molar-refractivity contribution in [2.75, 3.05) is 0 Å². The lowest BCUT2D eigenvalue weighted by molar-refractivity contribution is 0.669. The maximum Gasteiger partial charge on any atom is 0.238 e. The van der Waals surface area contributed by atoms with Gasteiger partial charge in [-0.15, -0.1) is 0 Å². The first-order chi connectivity index (χ1) is 32.4. The Morgan fingerprint density at radius 2 is 1.00 bits per heavy atom. The summed E-state index contributed by atoms with van der Waals surface area (Å²) in [6.45, 7) is 0. The van der Waals surface area contributed by atoms with Crippen molar-refractivity contribution in [2.24, 2.45) is 0 Å². The van der Waals surface area contributed by atoms with E-state index in [2.05, 4.69) is 0 Å². The number of para-hydroxylation sites is 2. The van der Waals surface area contributed by atoms with E-state index in [-0.39, 0.29) is 61.2 Å². The average Bonchev–Trinajstić information content (AvgIpc) is 4.05. The summed E-state index contributed by atoms with van der Waals surface area (Å²) >= 11 is 0. The van der Waals surface area contributed by atoms with Crippen LogP contribution in [0.2, 0.25) is 0 Å². The summed E-state index contributed by atoms with van der Waals surface area (Å²) in [5.74, 6) is 0.411. The van der Waals surface area contributed by atoms with Gasteiger partial charge in [-0.3, -0.25) is 4.57 Å². The molecule has 8 aromatic carbocycles. The van der Waals surface area contributed by atoms with Gasteiger partial charge in [0, 0.05) is 49.1 Å². The van der Waals surface area contributed by atoms with Crippen molar-refractivity contribution in [3.05, 3.63) is 188 Å². The second kappa shape index (κ2) is 12.3. The molecule has 4 heterocycles. The van der Waals surface area contributed by atoms with Gasteiger partial charge < -0.3 is 8.98 Å². The number of rotatable bonds is 5. The summed E-state index contributed by atoms with van der Waals surface area (Å²) in [6, 6.07) is 34.7. The van der Waals surface area contributed by atoms with Crippen molar-refractivity contribution in [1.82, 2.24) is 24.1 Å². The van der Waals surface area contributed by atoms with Crippen molar-refractivity contribution in [2.45, 2.75) is 0 Å². The predicted molar refractivity (Wildman–Crippen MR) is 232 cm³/mol. The zero-order chi connectivity index (χ0) is 46.2. The number of fused-ring (bicyclic) bond motifs is 10. The second-order valence-corrected chi connectivity index (χ2v) is 13.7. The lowest BCUT2D eigenvalue weighted by Gasteiger charge is -2.13. The Morgan fingerprint density at radius 1 is 0.439 bits per heavy atom. The lowest BCUT2D eigenvalue weighted by Crippen LogP contribution is -2.07. The first-order valence-electron chi connectivity index (χ1n) is 23.3. The van der Waals surface area contributed by atoms with Crippen molar-refractivity contribution >= 4 is 65.6 Å². The van der Waals surface area contributed by atoms with Crippen LogP contribution in [0.15, 0.2) is 192 Å². The van der Waals surface area contributed by atoms with Crippen molar-refractivity contribution in [3.63, 3.8) is 0 Å². The van der Waals surface area contributed by atoms with E-state index in [4.69, 9.17) is 24.9 Å². The van der Waals surface area contributed by atoms with Crippen molar-refractivity contribution in [1.29, 1.82) is 0 Å². The van der Waals surface area contributed by atoms with Gasteiger partial charge in [-0.2, -0.15) is 9.97 Å². The van der Waals surface area contributed by atoms with Crippen LogP contribution >= 0.6 is 0 Å². The standard InChI is InChI=1S/C51H31N5O/c1-4-15-32(16-5-1)36-23-14-26-45-46(36)41-31-35(27-30-44(41)57-45)55-42-24-12-10-21-37(42)39-28-29-40-38-22-11-13-25-43(38)56(48(40)47(39)55)51-53-49(33-17-6-2-7-18-33)52-50(54-51)34-19-8-3-9-20-34/h1-31H/i10D,11D,12D,13D,21D,22D,24D,25D,28D,29D. The van der Waals surface area contributed by atoms with Gasteiger partial charge in [-0.05, 0) is 47.5 Å². The maximum absolute atomic E-state index is 9.75. The summed E-state index contributed by atoms with van der Waals surface area (Å²) < 4.78 is 102. The molecule has 0 N–H and O–H groups in total. The molecule has 0 aliphatic rings. The van der Waals surface area contributed by atoms with Gasteiger partial charge in [0.05, 0.1) is 35.8 Å². The Balaban J connectivity index is 1.34. The molecule has 0 unspecified atom stereocenters. The molecular formula is C51H31N5O. The summed E-state index contributed by atoms with van der Waals surface area (Å²) in [5.41, 5.74) is 4.81. The van der Waals surface area contributed by atoms with Crippen LogP contribution in [0.1, 0.15) is 13.7 Å². The Kier molecular flexibility index (Phi) is 5.02. The van der Waals surface area contributed by atoms with Gasteiger partial charge in [0.1, 0.15) is 11.2 Å². The fourth-order valence-corrected chi connectivity index (χ4v) is 7.98. The molecule has 0 aliphatic heterocycles. The highest BCUT2D eigenvalue weighted by molar-refractivity contribution is 6.24. The minimum Gasteiger partial charge on any atom is -0.456 e. The largest absolute Gasteiger partial charge is 0.456 e. The molecule has 0 fully saturated rings. The zero-order valence-corrected chi connectivity index (χ0v) is 29.8. The van der Waals surface area contributed by atoms with Crippen LogP contribution in [0.25, 0.3) is 111 Å². The summed E-state index contributed by atoms with van der Waals surface area (Å²) in [7, 11) is 0. The molecule has 4 aromatic heterocycles. The predicted octanol–water partition coefficient (Wildman–Crippen LogP) is 13.0. The highest BCUT2D eigenvalue weighted by atomic mass is 16.3. The molecule has 0 radical (unpaired) electrons. The summed E-state index contributed by atoms with van der Waals surface area (Å²) in [6.07, 6.45) is 0. The molecule has 0 aliphatic carbocycles. The fourth-order valence-electron chi connectivity index (χ4n) is 7.98. The number of hydrogen-bond acceptors (Lipinski definition) is 4. The van der Waals surface area contributed by atoms with Crippen LogP contribution in [0.4, 0.5) is 0 Å². The maximum atomic E-state index is 9.75. The first-order valence-corrected chi connectivity index (χ1v) is 18.3. The third kappa shape index (κ3) is 4.81. The van der Waals surface area contributed by atoms with Crippen LogP contribution in [-0.4, -0.2) is 24.1 Å². The minimum absolute atomic E-state index is 0.00144. The molecular weight excluding hydrogens is 699 g/mol. The molecule has 0 saturated carbocycles. The van der Waals surface area contributed by atoms with Crippen molar-refractivity contribution in [3.8, 4) is 45.5 Å². The highest BCUT2D eigenvalue weighted by Crippen LogP contribution is 2.43. The van der Waals surface area contributed by atoms with Gasteiger partial charge >= 0.3 is 0 Å². The van der Waals surface area contributed by atoms with E-state index in [1.165, 1.54) is 4.57 Å². The highest BCUT2D eigenvalue weighted by Gasteiger charge is 2.24. The van der Waals surface area contributed by atoms with Crippen molar-refractivity contribution < 1.29 is 18.1 Å². The molecule has 0 atom stereocenters. The van der Waals surface area contributed by atoms with E-state index >= 15 is 0 Å². The topological polar surface area (TPSA) is 61.7 Å². The number of nitrogens with zero attached hydrogens (tertiary/aromatic N) is 5. The number of benzene rings is 8. The normalized spacial score (nSPS) is 14.3. The Hall–Kier alpha value is -7.83. The lowest BCUT2D eigenvalue weighted by atomic mass is 9.99. The molecule has 6 nitrogen and oxygen atoms in total. The van der Waals surface area contributed by atoms with E-state index in [1.807, 2.05) is 115 Å². The molecule has 266 valence electrons. The minimum atomic E-state index is -0.556. The molecule has 6 heteroatoms. The Morgan fingerprint density at radius 3 is 1.63 bits per heavy atom. The fraction of sp³-hybridized carbons (Fsp3) is 0. The van der Waals surface area contributed by atoms with E-state index in [0.717, 1.165) is 16.5 Å².